The summed E-state index contributed by atoms with van der Waals surface area (Å²) in [6.07, 6.45) is 0. The van der Waals surface area contributed by atoms with E-state index >= 15 is 0 Å². The molecular formula is C22H18N6O2. The Labute approximate surface area is 171 Å². The van der Waals surface area contributed by atoms with Crippen LogP contribution in [0.1, 0.15) is 5.82 Å². The first-order chi connectivity index (χ1) is 14.6. The van der Waals surface area contributed by atoms with E-state index in [0.717, 1.165) is 16.3 Å². The average molecular weight is 398 g/mol. The number of amides is 2. The Hall–Kier alpha value is -4.04. The fraction of sp³-hybridized carbons (Fsp3) is 0.0909. The molecule has 148 valence electrons. The molecule has 5 rings (SSSR count). The second-order valence-corrected chi connectivity index (χ2v) is 7.04. The van der Waals surface area contributed by atoms with Crippen molar-refractivity contribution in [1.29, 1.82) is 0 Å². The van der Waals surface area contributed by atoms with Gasteiger partial charge in [0.25, 0.3) is 11.8 Å². The van der Waals surface area contributed by atoms with Crippen LogP contribution in [0.2, 0.25) is 0 Å². The number of primary amides is 1. The average Bonchev–Trinajstić information content (AvgIpc) is 3.39. The molecule has 1 unspecified atom stereocenters. The lowest BCUT2D eigenvalue weighted by molar-refractivity contribution is -0.123. The number of nitrogens with zero attached hydrogens (tertiary/aromatic N) is 2. The van der Waals surface area contributed by atoms with E-state index in [-0.39, 0.29) is 18.2 Å². The highest BCUT2D eigenvalue weighted by molar-refractivity contribution is 6.50. The number of aromatic nitrogens is 2. The number of benzene rings is 3. The number of hydrogen-bond acceptors (Lipinski definition) is 5. The highest BCUT2D eigenvalue weighted by Gasteiger charge is 2.52. The molecule has 4 aromatic rings. The molecule has 5 N–H and O–H groups in total. The lowest BCUT2D eigenvalue weighted by Gasteiger charge is -2.25. The summed E-state index contributed by atoms with van der Waals surface area (Å²) in [6, 6.07) is 20.7. The van der Waals surface area contributed by atoms with Gasteiger partial charge in [0.1, 0.15) is 11.5 Å². The first kappa shape index (κ1) is 18.0. The van der Waals surface area contributed by atoms with Crippen LogP contribution in [-0.4, -0.2) is 34.2 Å². The van der Waals surface area contributed by atoms with Crippen LogP contribution in [0.4, 0.5) is 5.69 Å². The van der Waals surface area contributed by atoms with Crippen LogP contribution in [0.15, 0.2) is 71.7 Å². The van der Waals surface area contributed by atoms with Gasteiger partial charge in [-0.3, -0.25) is 19.9 Å². The van der Waals surface area contributed by atoms with Gasteiger partial charge in [-0.05, 0) is 23.6 Å². The van der Waals surface area contributed by atoms with Gasteiger partial charge in [-0.1, -0.05) is 48.5 Å². The first-order valence-corrected chi connectivity index (χ1v) is 9.44. The predicted molar refractivity (Wildman–Crippen MR) is 115 cm³/mol. The summed E-state index contributed by atoms with van der Waals surface area (Å²) < 4.78 is 0. The second kappa shape index (κ2) is 6.78. The Balaban J connectivity index is 1.56. The van der Waals surface area contributed by atoms with Crippen molar-refractivity contribution in [1.82, 2.24) is 15.3 Å². The molecule has 8 heteroatoms. The number of nitrogens with two attached hydrogens (primary N) is 1. The van der Waals surface area contributed by atoms with Crippen molar-refractivity contribution < 1.29 is 9.59 Å². The van der Waals surface area contributed by atoms with Gasteiger partial charge in [-0.2, -0.15) is 0 Å². The molecule has 1 aliphatic rings. The maximum atomic E-state index is 13.2. The van der Waals surface area contributed by atoms with E-state index in [0.29, 0.717) is 11.2 Å². The Morgan fingerprint density at radius 3 is 2.60 bits per heavy atom. The van der Waals surface area contributed by atoms with Crippen molar-refractivity contribution in [2.45, 2.75) is 5.54 Å². The van der Waals surface area contributed by atoms with Crippen molar-refractivity contribution in [3.63, 3.8) is 0 Å². The molecule has 2 heterocycles. The molecular weight excluding hydrogens is 380 g/mol. The van der Waals surface area contributed by atoms with E-state index in [1.165, 1.54) is 0 Å². The van der Waals surface area contributed by atoms with Crippen molar-refractivity contribution in [3.05, 3.63) is 72.6 Å². The molecule has 1 aliphatic heterocycles. The van der Waals surface area contributed by atoms with E-state index in [4.69, 9.17) is 5.73 Å². The molecule has 0 bridgehead atoms. The van der Waals surface area contributed by atoms with Gasteiger partial charge in [0.15, 0.2) is 0 Å². The summed E-state index contributed by atoms with van der Waals surface area (Å²) in [5.74, 6) is -1.04. The van der Waals surface area contributed by atoms with Crippen LogP contribution < -0.4 is 16.4 Å². The molecule has 0 spiro atoms. The summed E-state index contributed by atoms with van der Waals surface area (Å²) in [7, 11) is 0. The van der Waals surface area contributed by atoms with Crippen LogP contribution >= 0.6 is 0 Å². The number of aliphatic imine (C=N–C) groups is 1. The Bertz CT molecular complexity index is 1300. The normalized spacial score (nSPS) is 18.5. The van der Waals surface area contributed by atoms with Crippen LogP contribution in [0, 0.1) is 0 Å². The van der Waals surface area contributed by atoms with Crippen molar-refractivity contribution >= 4 is 45.0 Å². The van der Waals surface area contributed by atoms with E-state index in [2.05, 4.69) is 25.6 Å². The zero-order valence-electron chi connectivity index (χ0n) is 15.8. The number of H-pyrrole nitrogens is 1. The molecule has 30 heavy (non-hydrogen) atoms. The maximum absolute atomic E-state index is 13.2. The Morgan fingerprint density at radius 1 is 1.00 bits per heavy atom. The van der Waals surface area contributed by atoms with Crippen LogP contribution in [0.3, 0.4) is 0 Å². The molecule has 8 nitrogen and oxygen atoms in total. The number of imidazole rings is 1. The van der Waals surface area contributed by atoms with E-state index in [9.17, 15) is 9.59 Å². The molecule has 0 radical (unpaired) electrons. The van der Waals surface area contributed by atoms with Crippen LogP contribution in [0.5, 0.6) is 0 Å². The SMILES string of the molecule is NC(=O)C1(c2nc3ccccc3[nH]2)NCN=C1C(=O)Nc1cccc2ccccc12. The van der Waals surface area contributed by atoms with Crippen molar-refractivity contribution in [3.8, 4) is 0 Å². The number of anilines is 1. The third-order valence-electron chi connectivity index (χ3n) is 5.30. The van der Waals surface area contributed by atoms with E-state index in [1.54, 1.807) is 6.07 Å². The first-order valence-electron chi connectivity index (χ1n) is 9.44. The zero-order valence-corrected chi connectivity index (χ0v) is 15.8. The molecule has 3 aromatic carbocycles. The Morgan fingerprint density at radius 2 is 1.77 bits per heavy atom. The van der Waals surface area contributed by atoms with Gasteiger partial charge in [0.2, 0.25) is 5.54 Å². The van der Waals surface area contributed by atoms with Gasteiger partial charge in [0.05, 0.1) is 17.7 Å². The largest absolute Gasteiger partial charge is 0.367 e. The monoisotopic (exact) mass is 398 g/mol. The summed E-state index contributed by atoms with van der Waals surface area (Å²) >= 11 is 0. The number of rotatable bonds is 4. The van der Waals surface area contributed by atoms with E-state index in [1.807, 2.05) is 60.7 Å². The van der Waals surface area contributed by atoms with Crippen molar-refractivity contribution in [2.75, 3.05) is 12.0 Å². The number of aromatic amines is 1. The third-order valence-corrected chi connectivity index (χ3v) is 5.30. The minimum absolute atomic E-state index is 0.0259. The fourth-order valence-corrected chi connectivity index (χ4v) is 3.84. The van der Waals surface area contributed by atoms with Crippen LogP contribution in [-0.2, 0) is 15.1 Å². The third kappa shape index (κ3) is 2.66. The maximum Gasteiger partial charge on any atom is 0.272 e. The molecule has 1 atom stereocenters. The molecule has 1 aromatic heterocycles. The smallest absolute Gasteiger partial charge is 0.272 e. The van der Waals surface area contributed by atoms with Gasteiger partial charge in [-0.25, -0.2) is 4.98 Å². The summed E-state index contributed by atoms with van der Waals surface area (Å²) in [5, 5.41) is 7.72. The minimum Gasteiger partial charge on any atom is -0.367 e. The number of carbonyl (C=O) groups is 2. The molecule has 0 saturated heterocycles. The standard InChI is InChI=1S/C22H18N6O2/c23-20(30)22(21-27-16-9-3-4-10-17(16)28-21)18(24-12-25-22)19(29)26-15-11-5-7-13-6-1-2-8-14(13)15/h1-11,25H,12H2,(H2,23,30)(H,26,29)(H,27,28). The van der Waals surface area contributed by atoms with E-state index < -0.39 is 17.4 Å². The molecule has 0 fully saturated rings. The predicted octanol–water partition coefficient (Wildman–Crippen LogP) is 2.04. The minimum atomic E-state index is -1.65. The topological polar surface area (TPSA) is 125 Å². The van der Waals surface area contributed by atoms with Gasteiger partial charge in [-0.15, -0.1) is 0 Å². The number of nitrogens with one attached hydrogen (secondary N) is 3. The highest BCUT2D eigenvalue weighted by Crippen LogP contribution is 2.29. The second-order valence-electron chi connectivity index (χ2n) is 7.04. The lowest BCUT2D eigenvalue weighted by atomic mass is 9.91. The molecule has 0 saturated carbocycles. The summed E-state index contributed by atoms with van der Waals surface area (Å²) in [5.41, 5.74) is 6.12. The molecule has 0 aliphatic carbocycles. The number of fused-ring (bicyclic) bond motifs is 2. The highest BCUT2D eigenvalue weighted by atomic mass is 16.2. The lowest BCUT2D eigenvalue weighted by Crippen LogP contribution is -2.58. The number of hydrogen-bond donors (Lipinski definition) is 4. The van der Waals surface area contributed by atoms with Gasteiger partial charge < -0.3 is 16.0 Å². The van der Waals surface area contributed by atoms with Crippen LogP contribution in [0.25, 0.3) is 21.8 Å². The summed E-state index contributed by atoms with van der Waals surface area (Å²) in [4.78, 5) is 37.7. The zero-order chi connectivity index (χ0) is 20.7. The van der Waals surface area contributed by atoms with Gasteiger partial charge in [0, 0.05) is 11.1 Å². The summed E-state index contributed by atoms with van der Waals surface area (Å²) in [6.45, 7) is 0.0677. The van der Waals surface area contributed by atoms with Gasteiger partial charge >= 0.3 is 0 Å². The number of para-hydroxylation sites is 2. The Kier molecular flexibility index (Phi) is 4.07. The number of carbonyl (C=O) groups excluding carboxylic acids is 2. The quantitative estimate of drug-likeness (QED) is 0.420. The fourth-order valence-electron chi connectivity index (χ4n) is 3.84. The molecule has 2 amide bonds. The van der Waals surface area contributed by atoms with Crippen molar-refractivity contribution in [2.24, 2.45) is 10.7 Å².